The molecule has 0 unspecified atom stereocenters. The number of aromatic carboxylic acids is 1. The van der Waals surface area contributed by atoms with Gasteiger partial charge in [-0.25, -0.2) is 10.2 Å². The Bertz CT molecular complexity index is 966. The Hall–Kier alpha value is -3.93. The first-order chi connectivity index (χ1) is 13.6. The lowest BCUT2D eigenvalue weighted by Crippen LogP contribution is -2.17. The van der Waals surface area contributed by atoms with Gasteiger partial charge in [-0.3, -0.25) is 4.79 Å². The summed E-state index contributed by atoms with van der Waals surface area (Å²) in [5, 5.41) is 12.7. The van der Waals surface area contributed by atoms with Crippen molar-refractivity contribution in [2.45, 2.75) is 6.61 Å². The van der Waals surface area contributed by atoms with Crippen molar-refractivity contribution in [2.24, 2.45) is 5.10 Å². The van der Waals surface area contributed by atoms with Crippen LogP contribution in [-0.4, -0.2) is 23.2 Å². The van der Waals surface area contributed by atoms with E-state index in [2.05, 4.69) is 10.5 Å². The van der Waals surface area contributed by atoms with E-state index >= 15 is 0 Å². The van der Waals surface area contributed by atoms with Crippen LogP contribution >= 0.6 is 0 Å². The first-order valence-corrected chi connectivity index (χ1v) is 8.55. The van der Waals surface area contributed by atoms with Gasteiger partial charge >= 0.3 is 5.97 Å². The van der Waals surface area contributed by atoms with E-state index < -0.39 is 5.97 Å². The number of rotatable bonds is 7. The SMILES string of the molecule is O=C(O)c1ccc(/C=N\NC(=O)c2ccc(OCc3ccccc3)cc2)cc1. The van der Waals surface area contributed by atoms with Gasteiger partial charge in [0.2, 0.25) is 0 Å². The molecular weight excluding hydrogens is 356 g/mol. The van der Waals surface area contributed by atoms with Gasteiger partial charge in [0.25, 0.3) is 5.91 Å². The second-order valence-electron chi connectivity index (χ2n) is 5.92. The largest absolute Gasteiger partial charge is 0.489 e. The zero-order valence-corrected chi connectivity index (χ0v) is 14.9. The van der Waals surface area contributed by atoms with Crippen molar-refractivity contribution >= 4 is 18.1 Å². The molecule has 0 aromatic heterocycles. The van der Waals surface area contributed by atoms with Crippen molar-refractivity contribution in [2.75, 3.05) is 0 Å². The molecule has 3 aromatic carbocycles. The van der Waals surface area contributed by atoms with Gasteiger partial charge in [-0.1, -0.05) is 42.5 Å². The lowest BCUT2D eigenvalue weighted by molar-refractivity contribution is 0.0696. The molecule has 2 N–H and O–H groups in total. The van der Waals surface area contributed by atoms with Crippen LogP contribution in [0.3, 0.4) is 0 Å². The van der Waals surface area contributed by atoms with Crippen molar-refractivity contribution in [3.8, 4) is 5.75 Å². The normalized spacial score (nSPS) is 10.6. The average molecular weight is 374 g/mol. The molecule has 1 amide bonds. The summed E-state index contributed by atoms with van der Waals surface area (Å²) >= 11 is 0. The monoisotopic (exact) mass is 374 g/mol. The zero-order chi connectivity index (χ0) is 19.8. The lowest BCUT2D eigenvalue weighted by Gasteiger charge is -2.07. The molecule has 0 bridgehead atoms. The van der Waals surface area contributed by atoms with Crippen molar-refractivity contribution < 1.29 is 19.4 Å². The smallest absolute Gasteiger partial charge is 0.335 e. The maximum atomic E-state index is 12.1. The quantitative estimate of drug-likeness (QED) is 0.487. The van der Waals surface area contributed by atoms with Crippen LogP contribution in [0.15, 0.2) is 84.0 Å². The molecule has 0 saturated heterocycles. The molecule has 0 fully saturated rings. The van der Waals surface area contributed by atoms with Gasteiger partial charge in [0.05, 0.1) is 11.8 Å². The molecule has 6 heteroatoms. The van der Waals surface area contributed by atoms with Crippen LogP contribution in [0.1, 0.15) is 31.8 Å². The highest BCUT2D eigenvalue weighted by Crippen LogP contribution is 2.14. The molecule has 0 atom stereocenters. The highest BCUT2D eigenvalue weighted by atomic mass is 16.5. The standard InChI is InChI=1S/C22H18N2O4/c25-21(24-23-14-16-6-8-19(9-7-16)22(26)27)18-10-12-20(13-11-18)28-15-17-4-2-1-3-5-17/h1-14H,15H2,(H,24,25)(H,26,27)/b23-14-. The number of carboxylic acid groups (broad SMARTS) is 1. The number of hydrazone groups is 1. The highest BCUT2D eigenvalue weighted by Gasteiger charge is 2.05. The molecule has 0 aliphatic heterocycles. The molecule has 0 aliphatic carbocycles. The number of hydrogen-bond donors (Lipinski definition) is 2. The Morgan fingerprint density at radius 2 is 1.54 bits per heavy atom. The van der Waals surface area contributed by atoms with Crippen LogP contribution in [0.5, 0.6) is 5.75 Å². The minimum Gasteiger partial charge on any atom is -0.489 e. The first-order valence-electron chi connectivity index (χ1n) is 8.55. The predicted molar refractivity (Wildman–Crippen MR) is 106 cm³/mol. The second kappa shape index (κ2) is 9.14. The van der Waals surface area contributed by atoms with E-state index in [0.29, 0.717) is 23.5 Å². The molecule has 0 saturated carbocycles. The fraction of sp³-hybridized carbons (Fsp3) is 0.0455. The maximum absolute atomic E-state index is 12.1. The summed E-state index contributed by atoms with van der Waals surface area (Å²) in [5.74, 6) is -0.677. The van der Waals surface area contributed by atoms with Crippen LogP contribution in [0.25, 0.3) is 0 Å². The van der Waals surface area contributed by atoms with Crippen molar-refractivity contribution in [1.29, 1.82) is 0 Å². The first kappa shape index (κ1) is 18.8. The molecule has 0 aliphatic rings. The predicted octanol–water partition coefficient (Wildman–Crippen LogP) is 3.73. The van der Waals surface area contributed by atoms with Crippen LogP contribution in [0, 0.1) is 0 Å². The number of carbonyl (C=O) groups excluding carboxylic acids is 1. The second-order valence-corrected chi connectivity index (χ2v) is 5.92. The van der Waals surface area contributed by atoms with Gasteiger partial charge in [-0.05, 0) is 47.5 Å². The molecule has 140 valence electrons. The number of hydrogen-bond acceptors (Lipinski definition) is 4. The topological polar surface area (TPSA) is 88.0 Å². The Balaban J connectivity index is 1.52. The number of nitrogens with zero attached hydrogens (tertiary/aromatic N) is 1. The van der Waals surface area contributed by atoms with Gasteiger partial charge in [-0.15, -0.1) is 0 Å². The third-order valence-electron chi connectivity index (χ3n) is 3.90. The molecular formula is C22H18N2O4. The summed E-state index contributed by atoms with van der Waals surface area (Å²) < 4.78 is 5.69. The van der Waals surface area contributed by atoms with Gasteiger partial charge in [0, 0.05) is 5.56 Å². The Morgan fingerprint density at radius 1 is 0.893 bits per heavy atom. The van der Waals surface area contributed by atoms with Crippen molar-refractivity contribution in [1.82, 2.24) is 5.43 Å². The average Bonchev–Trinajstić information content (AvgIpc) is 2.73. The van der Waals surface area contributed by atoms with Crippen LogP contribution in [-0.2, 0) is 6.61 Å². The summed E-state index contributed by atoms with van der Waals surface area (Å²) in [6.45, 7) is 0.456. The summed E-state index contributed by atoms with van der Waals surface area (Å²) in [6.07, 6.45) is 1.45. The minimum atomic E-state index is -0.993. The van der Waals surface area contributed by atoms with Crippen LogP contribution < -0.4 is 10.2 Å². The van der Waals surface area contributed by atoms with E-state index in [1.165, 1.54) is 18.3 Å². The van der Waals surface area contributed by atoms with E-state index in [9.17, 15) is 9.59 Å². The molecule has 0 spiro atoms. The molecule has 3 aromatic rings. The number of amides is 1. The van der Waals surface area contributed by atoms with Gasteiger partial charge < -0.3 is 9.84 Å². The van der Waals surface area contributed by atoms with E-state index in [-0.39, 0.29) is 11.5 Å². The highest BCUT2D eigenvalue weighted by molar-refractivity contribution is 5.95. The molecule has 6 nitrogen and oxygen atoms in total. The molecule has 0 radical (unpaired) electrons. The molecule has 28 heavy (non-hydrogen) atoms. The number of carbonyl (C=O) groups is 2. The van der Waals surface area contributed by atoms with E-state index in [1.54, 1.807) is 36.4 Å². The summed E-state index contributed by atoms with van der Waals surface area (Å²) in [5.41, 5.74) is 4.82. The Morgan fingerprint density at radius 3 is 2.18 bits per heavy atom. The third kappa shape index (κ3) is 5.28. The number of benzene rings is 3. The fourth-order valence-corrected chi connectivity index (χ4v) is 2.39. The van der Waals surface area contributed by atoms with Crippen LogP contribution in [0.2, 0.25) is 0 Å². The number of nitrogens with one attached hydrogen (secondary N) is 1. The van der Waals surface area contributed by atoms with Gasteiger partial charge in [-0.2, -0.15) is 5.10 Å². The minimum absolute atomic E-state index is 0.191. The van der Waals surface area contributed by atoms with E-state index in [0.717, 1.165) is 5.56 Å². The van der Waals surface area contributed by atoms with E-state index in [4.69, 9.17) is 9.84 Å². The summed E-state index contributed by atoms with van der Waals surface area (Å²) in [4.78, 5) is 22.9. The molecule has 0 heterocycles. The summed E-state index contributed by atoms with van der Waals surface area (Å²) in [6, 6.07) is 22.8. The summed E-state index contributed by atoms with van der Waals surface area (Å²) in [7, 11) is 0. The van der Waals surface area contributed by atoms with Gasteiger partial charge in [0.1, 0.15) is 12.4 Å². The maximum Gasteiger partial charge on any atom is 0.335 e. The van der Waals surface area contributed by atoms with Gasteiger partial charge in [0.15, 0.2) is 0 Å². The van der Waals surface area contributed by atoms with Crippen molar-refractivity contribution in [3.05, 3.63) is 101 Å². The molecule has 3 rings (SSSR count). The Labute approximate surface area is 162 Å². The number of carboxylic acids is 1. The fourth-order valence-electron chi connectivity index (χ4n) is 2.39. The van der Waals surface area contributed by atoms with Crippen LogP contribution in [0.4, 0.5) is 0 Å². The van der Waals surface area contributed by atoms with Crippen molar-refractivity contribution in [3.63, 3.8) is 0 Å². The zero-order valence-electron chi connectivity index (χ0n) is 14.9. The lowest BCUT2D eigenvalue weighted by atomic mass is 10.1. The Kier molecular flexibility index (Phi) is 6.15. The van der Waals surface area contributed by atoms with E-state index in [1.807, 2.05) is 30.3 Å². The third-order valence-corrected chi connectivity index (χ3v) is 3.90. The number of ether oxygens (including phenoxy) is 1.